The van der Waals surface area contributed by atoms with Crippen molar-refractivity contribution >= 4 is 39.2 Å². The molecule has 4 heteroatoms. The Morgan fingerprint density at radius 3 is 2.63 bits per heavy atom. The number of hydrogen-bond acceptors (Lipinski definition) is 1. The number of amides is 1. The lowest BCUT2D eigenvalue weighted by Gasteiger charge is -1.98. The van der Waals surface area contributed by atoms with Gasteiger partial charge in [0.05, 0.1) is 5.57 Å². The van der Waals surface area contributed by atoms with Gasteiger partial charge in [0, 0.05) is 27.1 Å². The lowest BCUT2D eigenvalue weighted by Crippen LogP contribution is -2.03. The molecular weight excluding hydrogens is 304 g/mol. The van der Waals surface area contributed by atoms with Crippen LogP contribution in [0.2, 0.25) is 0 Å². The number of H-pyrrole nitrogens is 1. The first-order valence-electron chi connectivity index (χ1n) is 6.05. The third-order valence-electron chi connectivity index (χ3n) is 3.38. The van der Waals surface area contributed by atoms with Crippen LogP contribution in [0, 0.1) is 13.8 Å². The number of anilines is 1. The molecule has 0 atom stereocenters. The number of fused-ring (bicyclic) bond motifs is 1. The Bertz CT molecular complexity index is 713. The van der Waals surface area contributed by atoms with Gasteiger partial charge in [0.15, 0.2) is 0 Å². The summed E-state index contributed by atoms with van der Waals surface area (Å²) in [5.74, 6) is -0.0519. The van der Waals surface area contributed by atoms with E-state index in [4.69, 9.17) is 0 Å². The Hall–Kier alpha value is -1.81. The number of aromatic nitrogens is 1. The summed E-state index contributed by atoms with van der Waals surface area (Å²) in [6.45, 7) is 4.03. The van der Waals surface area contributed by atoms with Gasteiger partial charge in [-0.25, -0.2) is 0 Å². The van der Waals surface area contributed by atoms with E-state index in [2.05, 4.69) is 26.2 Å². The molecule has 1 amide bonds. The van der Waals surface area contributed by atoms with Crippen molar-refractivity contribution in [3.05, 3.63) is 51.3 Å². The van der Waals surface area contributed by atoms with Crippen LogP contribution in [0.25, 0.3) is 11.6 Å². The number of halogens is 1. The molecule has 0 bridgehead atoms. The molecule has 1 aliphatic heterocycles. The van der Waals surface area contributed by atoms with E-state index in [0.717, 1.165) is 32.7 Å². The summed E-state index contributed by atoms with van der Waals surface area (Å²) in [4.78, 5) is 15.3. The first kappa shape index (κ1) is 12.2. The van der Waals surface area contributed by atoms with Crippen LogP contribution in [-0.4, -0.2) is 10.9 Å². The Labute approximate surface area is 119 Å². The van der Waals surface area contributed by atoms with E-state index in [1.807, 2.05) is 44.2 Å². The zero-order valence-electron chi connectivity index (χ0n) is 10.7. The zero-order valence-corrected chi connectivity index (χ0v) is 12.3. The normalized spacial score (nSPS) is 15.7. The van der Waals surface area contributed by atoms with Gasteiger partial charge in [-0.3, -0.25) is 4.79 Å². The fourth-order valence-electron chi connectivity index (χ4n) is 2.32. The highest BCUT2D eigenvalue weighted by molar-refractivity contribution is 9.10. The fraction of sp³-hybridized carbons (Fsp3) is 0.133. The van der Waals surface area contributed by atoms with Crippen molar-refractivity contribution in [2.24, 2.45) is 0 Å². The summed E-state index contributed by atoms with van der Waals surface area (Å²) in [6.07, 6.45) is 1.91. The molecule has 3 nitrogen and oxygen atoms in total. The van der Waals surface area contributed by atoms with Crippen LogP contribution in [0.5, 0.6) is 0 Å². The van der Waals surface area contributed by atoms with Gasteiger partial charge in [-0.15, -0.1) is 0 Å². The smallest absolute Gasteiger partial charge is 0.256 e. The molecule has 2 N–H and O–H groups in total. The minimum Gasteiger partial charge on any atom is -0.358 e. The number of hydrogen-bond donors (Lipinski definition) is 2. The highest BCUT2D eigenvalue weighted by atomic mass is 79.9. The molecule has 3 rings (SSSR count). The van der Waals surface area contributed by atoms with Gasteiger partial charge >= 0.3 is 0 Å². The molecule has 0 spiro atoms. The Morgan fingerprint density at radius 2 is 1.95 bits per heavy atom. The molecule has 0 radical (unpaired) electrons. The Morgan fingerprint density at radius 1 is 1.21 bits per heavy atom. The van der Waals surface area contributed by atoms with Crippen LogP contribution in [0.1, 0.15) is 22.5 Å². The first-order valence-corrected chi connectivity index (χ1v) is 6.84. The maximum atomic E-state index is 12.0. The average Bonchev–Trinajstić information content (AvgIpc) is 2.83. The van der Waals surface area contributed by atoms with E-state index >= 15 is 0 Å². The van der Waals surface area contributed by atoms with Crippen LogP contribution in [0.4, 0.5) is 5.69 Å². The van der Waals surface area contributed by atoms with Crippen molar-refractivity contribution in [2.45, 2.75) is 13.8 Å². The summed E-state index contributed by atoms with van der Waals surface area (Å²) >= 11 is 3.54. The van der Waals surface area contributed by atoms with Gasteiger partial charge in [0.1, 0.15) is 0 Å². The quantitative estimate of drug-likeness (QED) is 0.770. The van der Waals surface area contributed by atoms with Crippen molar-refractivity contribution in [2.75, 3.05) is 5.32 Å². The second-order valence-electron chi connectivity index (χ2n) is 4.66. The number of benzene rings is 1. The summed E-state index contributed by atoms with van der Waals surface area (Å²) in [6, 6.07) is 7.73. The van der Waals surface area contributed by atoms with Gasteiger partial charge < -0.3 is 10.3 Å². The number of rotatable bonds is 1. The summed E-state index contributed by atoms with van der Waals surface area (Å²) in [7, 11) is 0. The lowest BCUT2D eigenvalue weighted by atomic mass is 10.1. The zero-order chi connectivity index (χ0) is 13.6. The van der Waals surface area contributed by atoms with Crippen molar-refractivity contribution in [1.29, 1.82) is 0 Å². The molecule has 0 fully saturated rings. The van der Waals surface area contributed by atoms with Crippen molar-refractivity contribution in [1.82, 2.24) is 4.98 Å². The number of carbonyl (C=O) groups is 1. The number of para-hydroxylation sites is 1. The summed E-state index contributed by atoms with van der Waals surface area (Å²) < 4.78 is 1.06. The molecule has 1 aromatic carbocycles. The predicted octanol–water partition coefficient (Wildman–Crippen LogP) is 3.89. The van der Waals surface area contributed by atoms with Gasteiger partial charge in [-0.05, 0) is 47.5 Å². The maximum Gasteiger partial charge on any atom is 0.256 e. The molecule has 2 heterocycles. The van der Waals surface area contributed by atoms with E-state index in [9.17, 15) is 4.79 Å². The van der Waals surface area contributed by atoms with E-state index in [-0.39, 0.29) is 5.91 Å². The van der Waals surface area contributed by atoms with Crippen LogP contribution in [0.15, 0.2) is 28.7 Å². The fourth-order valence-corrected chi connectivity index (χ4v) is 2.63. The van der Waals surface area contributed by atoms with Crippen molar-refractivity contribution in [3.8, 4) is 0 Å². The van der Waals surface area contributed by atoms with E-state index in [0.29, 0.717) is 5.57 Å². The number of aryl methyl sites for hydroxylation is 1. The molecular formula is C15H13BrN2O. The third-order valence-corrected chi connectivity index (χ3v) is 4.57. The van der Waals surface area contributed by atoms with E-state index in [1.165, 1.54) is 0 Å². The largest absolute Gasteiger partial charge is 0.358 e. The number of carbonyl (C=O) groups excluding carboxylic acids is 1. The Balaban J connectivity index is 2.14. The molecule has 0 unspecified atom stereocenters. The standard InChI is InChI=1S/C15H13BrN2O/c1-8-13(17-9(2)14(8)16)7-11-10-5-3-4-6-12(10)18-15(11)19/h3-7,17H,1-2H3,(H,18,19). The molecule has 2 aromatic rings. The third kappa shape index (κ3) is 1.92. The summed E-state index contributed by atoms with van der Waals surface area (Å²) in [5.41, 5.74) is 5.67. The van der Waals surface area contributed by atoms with Crippen molar-refractivity contribution < 1.29 is 4.79 Å². The molecule has 0 aliphatic carbocycles. The van der Waals surface area contributed by atoms with Crippen LogP contribution < -0.4 is 5.32 Å². The number of nitrogens with one attached hydrogen (secondary N) is 2. The highest BCUT2D eigenvalue weighted by Crippen LogP contribution is 2.34. The molecule has 19 heavy (non-hydrogen) atoms. The molecule has 1 aliphatic rings. The van der Waals surface area contributed by atoms with Crippen LogP contribution in [0.3, 0.4) is 0 Å². The van der Waals surface area contributed by atoms with Gasteiger partial charge in [-0.2, -0.15) is 0 Å². The van der Waals surface area contributed by atoms with Crippen LogP contribution >= 0.6 is 15.9 Å². The average molecular weight is 317 g/mol. The molecule has 0 saturated carbocycles. The maximum absolute atomic E-state index is 12.0. The number of aromatic amines is 1. The lowest BCUT2D eigenvalue weighted by molar-refractivity contribution is -0.110. The van der Waals surface area contributed by atoms with Gasteiger partial charge in [0.25, 0.3) is 5.91 Å². The second-order valence-corrected chi connectivity index (χ2v) is 5.45. The topological polar surface area (TPSA) is 44.9 Å². The minimum absolute atomic E-state index is 0.0519. The van der Waals surface area contributed by atoms with Crippen molar-refractivity contribution in [3.63, 3.8) is 0 Å². The molecule has 1 aromatic heterocycles. The second kappa shape index (κ2) is 4.38. The SMILES string of the molecule is Cc1[nH]c(C=C2C(=O)Nc3ccccc32)c(C)c1Br. The van der Waals surface area contributed by atoms with E-state index < -0.39 is 0 Å². The molecule has 0 saturated heterocycles. The first-order chi connectivity index (χ1) is 9.08. The van der Waals surface area contributed by atoms with Gasteiger partial charge in [0.2, 0.25) is 0 Å². The van der Waals surface area contributed by atoms with Gasteiger partial charge in [-0.1, -0.05) is 18.2 Å². The highest BCUT2D eigenvalue weighted by Gasteiger charge is 2.24. The molecule has 96 valence electrons. The van der Waals surface area contributed by atoms with Crippen LogP contribution in [-0.2, 0) is 4.79 Å². The van der Waals surface area contributed by atoms with E-state index in [1.54, 1.807) is 0 Å². The Kier molecular flexibility index (Phi) is 2.82. The summed E-state index contributed by atoms with van der Waals surface area (Å²) in [5, 5.41) is 2.88. The minimum atomic E-state index is -0.0519. The predicted molar refractivity (Wildman–Crippen MR) is 80.9 cm³/mol. The monoisotopic (exact) mass is 316 g/mol.